The van der Waals surface area contributed by atoms with E-state index in [9.17, 15) is 17.6 Å². The predicted octanol–water partition coefficient (Wildman–Crippen LogP) is 4.08. The smallest absolute Gasteiger partial charge is 0.289 e. The standard InChI is InChI=1S/C11H11Cl2F4N/c12-3-4-18(7-11(15,16)17)6-8-5-9(13)1-2-10(8)14/h1-2,5H,3-4,6-7H2. The number of hydrogen-bond acceptors (Lipinski definition) is 1. The van der Waals surface area contributed by atoms with Gasteiger partial charge >= 0.3 is 6.18 Å². The molecule has 0 fully saturated rings. The van der Waals surface area contributed by atoms with Gasteiger partial charge in [-0.25, -0.2) is 4.39 Å². The second-order valence-electron chi connectivity index (χ2n) is 3.75. The van der Waals surface area contributed by atoms with Crippen molar-refractivity contribution >= 4 is 23.2 Å². The second kappa shape index (κ2) is 6.59. The molecule has 0 radical (unpaired) electrons. The zero-order chi connectivity index (χ0) is 13.8. The minimum atomic E-state index is -4.35. The van der Waals surface area contributed by atoms with Crippen molar-refractivity contribution in [3.63, 3.8) is 0 Å². The minimum absolute atomic E-state index is 0.0209. The van der Waals surface area contributed by atoms with Gasteiger partial charge < -0.3 is 0 Å². The molecule has 0 aliphatic carbocycles. The summed E-state index contributed by atoms with van der Waals surface area (Å²) in [7, 11) is 0. The van der Waals surface area contributed by atoms with Gasteiger partial charge in [-0.3, -0.25) is 4.90 Å². The molecule has 0 aliphatic rings. The maximum absolute atomic E-state index is 13.4. The lowest BCUT2D eigenvalue weighted by molar-refractivity contribution is -0.146. The molecule has 18 heavy (non-hydrogen) atoms. The zero-order valence-corrected chi connectivity index (χ0v) is 10.8. The van der Waals surface area contributed by atoms with Crippen molar-refractivity contribution in [2.45, 2.75) is 12.7 Å². The van der Waals surface area contributed by atoms with Crippen molar-refractivity contribution in [2.75, 3.05) is 19.0 Å². The predicted molar refractivity (Wildman–Crippen MR) is 63.5 cm³/mol. The maximum Gasteiger partial charge on any atom is 0.401 e. The molecule has 0 saturated heterocycles. The van der Waals surface area contributed by atoms with Crippen molar-refractivity contribution in [1.82, 2.24) is 4.90 Å². The number of rotatable bonds is 5. The largest absolute Gasteiger partial charge is 0.401 e. The van der Waals surface area contributed by atoms with E-state index >= 15 is 0 Å². The Balaban J connectivity index is 2.79. The summed E-state index contributed by atoms with van der Waals surface area (Å²) in [5.41, 5.74) is 0.122. The molecule has 1 aromatic rings. The Morgan fingerprint density at radius 3 is 2.44 bits per heavy atom. The third-order valence-corrected chi connectivity index (χ3v) is 2.61. The van der Waals surface area contributed by atoms with E-state index in [2.05, 4.69) is 0 Å². The third kappa shape index (κ3) is 5.42. The highest BCUT2D eigenvalue weighted by Crippen LogP contribution is 2.21. The van der Waals surface area contributed by atoms with Crippen LogP contribution in [0, 0.1) is 5.82 Å². The first-order valence-electron chi connectivity index (χ1n) is 5.11. The van der Waals surface area contributed by atoms with Crippen molar-refractivity contribution in [1.29, 1.82) is 0 Å². The molecule has 0 aromatic heterocycles. The van der Waals surface area contributed by atoms with Crippen LogP contribution in [0.4, 0.5) is 17.6 Å². The van der Waals surface area contributed by atoms with Crippen LogP contribution >= 0.6 is 23.2 Å². The Kier molecular flexibility index (Phi) is 5.69. The second-order valence-corrected chi connectivity index (χ2v) is 4.56. The van der Waals surface area contributed by atoms with Crippen molar-refractivity contribution in [3.05, 3.63) is 34.6 Å². The van der Waals surface area contributed by atoms with Gasteiger partial charge in [-0.2, -0.15) is 13.2 Å². The van der Waals surface area contributed by atoms with Crippen molar-refractivity contribution in [2.24, 2.45) is 0 Å². The number of benzene rings is 1. The summed E-state index contributed by atoms with van der Waals surface area (Å²) in [5.74, 6) is -0.542. The van der Waals surface area contributed by atoms with Crippen LogP contribution < -0.4 is 0 Å². The highest BCUT2D eigenvalue weighted by molar-refractivity contribution is 6.30. The van der Waals surface area contributed by atoms with Gasteiger partial charge in [0.15, 0.2) is 0 Å². The number of halogens is 6. The van der Waals surface area contributed by atoms with E-state index in [1.54, 1.807) is 0 Å². The fourth-order valence-corrected chi connectivity index (χ4v) is 1.93. The molecular formula is C11H11Cl2F4N. The van der Waals surface area contributed by atoms with Crippen molar-refractivity contribution < 1.29 is 17.6 Å². The first-order chi connectivity index (χ1) is 8.31. The van der Waals surface area contributed by atoms with E-state index in [1.165, 1.54) is 12.1 Å². The summed E-state index contributed by atoms with van der Waals surface area (Å²) in [6.45, 7) is -1.29. The normalized spacial score (nSPS) is 12.2. The van der Waals surface area contributed by atoms with Gasteiger partial charge in [0.2, 0.25) is 0 Å². The van der Waals surface area contributed by atoms with Crippen LogP contribution in [0.5, 0.6) is 0 Å². The van der Waals surface area contributed by atoms with E-state index in [0.29, 0.717) is 0 Å². The van der Waals surface area contributed by atoms with E-state index < -0.39 is 18.5 Å². The van der Waals surface area contributed by atoms with Crippen LogP contribution in [0.25, 0.3) is 0 Å². The SMILES string of the molecule is Fc1ccc(Cl)cc1CN(CCCl)CC(F)(F)F. The number of nitrogens with zero attached hydrogens (tertiary/aromatic N) is 1. The molecule has 0 saturated carbocycles. The lowest BCUT2D eigenvalue weighted by Gasteiger charge is -2.22. The summed E-state index contributed by atoms with van der Waals surface area (Å²) in [4.78, 5) is 1.03. The molecule has 0 bridgehead atoms. The molecule has 0 spiro atoms. The molecule has 1 rings (SSSR count). The molecule has 1 aromatic carbocycles. The number of hydrogen-bond donors (Lipinski definition) is 0. The summed E-state index contributed by atoms with van der Waals surface area (Å²) >= 11 is 11.1. The fraction of sp³-hybridized carbons (Fsp3) is 0.455. The first-order valence-corrected chi connectivity index (χ1v) is 6.02. The van der Waals surface area contributed by atoms with Crippen LogP contribution in [-0.2, 0) is 6.54 Å². The quantitative estimate of drug-likeness (QED) is 0.585. The van der Waals surface area contributed by atoms with Gasteiger partial charge in [-0.15, -0.1) is 11.6 Å². The number of alkyl halides is 4. The summed E-state index contributed by atoms with van der Waals surface area (Å²) in [6, 6.07) is 3.79. The molecule has 0 aliphatic heterocycles. The molecule has 0 atom stereocenters. The monoisotopic (exact) mass is 303 g/mol. The average Bonchev–Trinajstić information content (AvgIpc) is 2.21. The zero-order valence-electron chi connectivity index (χ0n) is 9.28. The molecule has 0 N–H and O–H groups in total. The van der Waals surface area contributed by atoms with Gasteiger partial charge in [0.1, 0.15) is 5.82 Å². The maximum atomic E-state index is 13.4. The molecule has 7 heteroatoms. The average molecular weight is 304 g/mol. The summed E-state index contributed by atoms with van der Waals surface area (Å²) in [5, 5.41) is 0.282. The van der Waals surface area contributed by atoms with Gasteiger partial charge in [-0.05, 0) is 18.2 Å². The molecule has 0 unspecified atom stereocenters. The molecule has 1 nitrogen and oxygen atoms in total. The Labute approximate surface area is 112 Å². The summed E-state index contributed by atoms with van der Waals surface area (Å²) < 4.78 is 50.3. The highest BCUT2D eigenvalue weighted by atomic mass is 35.5. The highest BCUT2D eigenvalue weighted by Gasteiger charge is 2.30. The van der Waals surface area contributed by atoms with Gasteiger partial charge in [0.25, 0.3) is 0 Å². The van der Waals surface area contributed by atoms with Crippen LogP contribution in [0.2, 0.25) is 5.02 Å². The Morgan fingerprint density at radius 1 is 1.22 bits per heavy atom. The minimum Gasteiger partial charge on any atom is -0.289 e. The van der Waals surface area contributed by atoms with Crippen LogP contribution in [0.1, 0.15) is 5.56 Å². The van der Waals surface area contributed by atoms with Gasteiger partial charge in [-0.1, -0.05) is 11.6 Å². The van der Waals surface area contributed by atoms with Gasteiger partial charge in [0, 0.05) is 29.6 Å². The topological polar surface area (TPSA) is 3.24 Å². The van der Waals surface area contributed by atoms with Crippen LogP contribution in [-0.4, -0.2) is 30.0 Å². The van der Waals surface area contributed by atoms with Gasteiger partial charge in [0.05, 0.1) is 6.54 Å². The van der Waals surface area contributed by atoms with Crippen LogP contribution in [0.3, 0.4) is 0 Å². The van der Waals surface area contributed by atoms with E-state index in [0.717, 1.165) is 11.0 Å². The molecule has 102 valence electrons. The van der Waals surface area contributed by atoms with E-state index in [1.807, 2.05) is 0 Å². The van der Waals surface area contributed by atoms with Crippen molar-refractivity contribution in [3.8, 4) is 0 Å². The summed E-state index contributed by atoms with van der Waals surface area (Å²) in [6.07, 6.45) is -4.35. The van der Waals surface area contributed by atoms with E-state index in [4.69, 9.17) is 23.2 Å². The third-order valence-electron chi connectivity index (χ3n) is 2.21. The first kappa shape index (κ1) is 15.5. The Bertz CT molecular complexity index is 395. The fourth-order valence-electron chi connectivity index (χ4n) is 1.49. The Hall–Kier alpha value is -0.520. The Morgan fingerprint density at radius 2 is 1.89 bits per heavy atom. The molecule has 0 amide bonds. The molecular weight excluding hydrogens is 293 g/mol. The lowest BCUT2D eigenvalue weighted by Crippen LogP contribution is -2.35. The van der Waals surface area contributed by atoms with Crippen LogP contribution in [0.15, 0.2) is 18.2 Å². The van der Waals surface area contributed by atoms with E-state index in [-0.39, 0.29) is 29.6 Å². The molecule has 0 heterocycles. The lowest BCUT2D eigenvalue weighted by atomic mass is 10.2.